The van der Waals surface area contributed by atoms with E-state index in [-0.39, 0.29) is 22.7 Å². The molecule has 1 atom stereocenters. The topological polar surface area (TPSA) is 119 Å². The van der Waals surface area contributed by atoms with Gasteiger partial charge in [-0.3, -0.25) is 9.88 Å². The van der Waals surface area contributed by atoms with Crippen LogP contribution in [0.4, 0.5) is 5.69 Å². The normalized spacial score (nSPS) is 15.5. The summed E-state index contributed by atoms with van der Waals surface area (Å²) >= 11 is 0. The lowest BCUT2D eigenvalue weighted by Gasteiger charge is -2.36. The molecule has 0 fully saturated rings. The number of hydrogen-bond acceptors (Lipinski definition) is 8. The molecule has 0 radical (unpaired) electrons. The third kappa shape index (κ3) is 4.97. The lowest BCUT2D eigenvalue weighted by Crippen LogP contribution is -2.40. The summed E-state index contributed by atoms with van der Waals surface area (Å²) in [5, 5.41) is 10.2. The molecule has 3 aromatic rings. The highest BCUT2D eigenvalue weighted by Gasteiger charge is 2.42. The Kier molecular flexibility index (Phi) is 7.45. The van der Waals surface area contributed by atoms with E-state index in [1.165, 1.54) is 19.1 Å². The fourth-order valence-corrected chi connectivity index (χ4v) is 4.21. The zero-order chi connectivity index (χ0) is 26.4. The molecule has 0 saturated carbocycles. The van der Waals surface area contributed by atoms with E-state index in [2.05, 4.69) is 11.1 Å². The average molecular weight is 493 g/mol. The van der Waals surface area contributed by atoms with E-state index >= 15 is 0 Å². The molecule has 184 valence electrons. The molecule has 37 heavy (non-hydrogen) atoms. The molecule has 0 amide bonds. The first-order valence-electron chi connectivity index (χ1n) is 11.3. The molecular weight excluding hydrogens is 468 g/mol. The number of aromatic nitrogens is 1. The molecular formula is C29H24N4O4. The fourth-order valence-electron chi connectivity index (χ4n) is 4.21. The maximum Gasteiger partial charge on any atom is 0.355 e. The summed E-state index contributed by atoms with van der Waals surface area (Å²) in [6.07, 6.45) is 5.40. The van der Waals surface area contributed by atoms with Crippen molar-refractivity contribution in [3.8, 4) is 6.07 Å². The van der Waals surface area contributed by atoms with Gasteiger partial charge in [-0.05, 0) is 41.5 Å². The molecule has 0 saturated heterocycles. The number of methoxy groups -OCH3 is 2. The molecule has 0 spiro atoms. The monoisotopic (exact) mass is 492 g/mol. The summed E-state index contributed by atoms with van der Waals surface area (Å²) in [5.41, 5.74) is 9.12. The molecule has 2 aromatic carbocycles. The van der Waals surface area contributed by atoms with Crippen molar-refractivity contribution >= 4 is 29.8 Å². The van der Waals surface area contributed by atoms with Crippen LogP contribution < -0.4 is 10.6 Å². The van der Waals surface area contributed by atoms with Crippen molar-refractivity contribution < 1.29 is 19.1 Å². The lowest BCUT2D eigenvalue weighted by atomic mass is 9.81. The van der Waals surface area contributed by atoms with E-state index in [1.54, 1.807) is 48.7 Å². The minimum atomic E-state index is -0.920. The number of rotatable bonds is 6. The van der Waals surface area contributed by atoms with E-state index in [1.807, 2.05) is 42.5 Å². The molecule has 8 heteroatoms. The van der Waals surface area contributed by atoms with Gasteiger partial charge in [0.25, 0.3) is 0 Å². The number of anilines is 1. The Hall–Kier alpha value is -5.16. The molecule has 1 aromatic heterocycles. The van der Waals surface area contributed by atoms with Gasteiger partial charge in [0, 0.05) is 11.9 Å². The molecule has 4 rings (SSSR count). The summed E-state index contributed by atoms with van der Waals surface area (Å²) in [6.45, 7) is 0. The first kappa shape index (κ1) is 24.9. The Morgan fingerprint density at radius 1 is 0.973 bits per heavy atom. The number of allylic oxidation sites excluding steroid dienone is 1. The van der Waals surface area contributed by atoms with E-state index in [9.17, 15) is 14.9 Å². The van der Waals surface area contributed by atoms with E-state index in [4.69, 9.17) is 15.2 Å². The maximum atomic E-state index is 13.2. The van der Waals surface area contributed by atoms with Crippen molar-refractivity contribution in [3.05, 3.63) is 118 Å². The van der Waals surface area contributed by atoms with Crippen molar-refractivity contribution in [1.29, 1.82) is 5.26 Å². The zero-order valence-corrected chi connectivity index (χ0v) is 20.3. The number of carbonyl (C=O) groups excluding carboxylic acids is 2. The number of nitrogens with zero attached hydrogens (tertiary/aromatic N) is 3. The highest BCUT2D eigenvalue weighted by atomic mass is 16.5. The molecule has 2 heterocycles. The predicted octanol–water partition coefficient (Wildman–Crippen LogP) is 4.15. The van der Waals surface area contributed by atoms with Crippen molar-refractivity contribution in [2.24, 2.45) is 5.73 Å². The van der Waals surface area contributed by atoms with Gasteiger partial charge in [-0.2, -0.15) is 5.26 Å². The number of carbonyl (C=O) groups is 2. The minimum Gasteiger partial charge on any atom is -0.466 e. The van der Waals surface area contributed by atoms with Gasteiger partial charge in [0.05, 0.1) is 43.0 Å². The molecule has 1 aliphatic heterocycles. The number of benzene rings is 2. The molecule has 1 aliphatic rings. The Bertz CT molecular complexity index is 1450. The number of nitrogens with two attached hydrogens (primary N) is 1. The third-order valence-electron chi connectivity index (χ3n) is 5.87. The lowest BCUT2D eigenvalue weighted by molar-refractivity contribution is -0.139. The highest BCUT2D eigenvalue weighted by molar-refractivity contribution is 6.06. The van der Waals surface area contributed by atoms with Gasteiger partial charge in [0.15, 0.2) is 0 Å². The summed E-state index contributed by atoms with van der Waals surface area (Å²) in [5.74, 6) is -2.48. The van der Waals surface area contributed by atoms with Gasteiger partial charge in [0.1, 0.15) is 11.5 Å². The van der Waals surface area contributed by atoms with Crippen molar-refractivity contribution in [2.45, 2.75) is 5.92 Å². The van der Waals surface area contributed by atoms with Crippen LogP contribution >= 0.6 is 0 Å². The summed E-state index contributed by atoms with van der Waals surface area (Å²) in [7, 11) is 2.43. The third-order valence-corrected chi connectivity index (χ3v) is 5.87. The summed E-state index contributed by atoms with van der Waals surface area (Å²) < 4.78 is 10.1. The Labute approximate surface area is 214 Å². The summed E-state index contributed by atoms with van der Waals surface area (Å²) in [4.78, 5) is 32.0. The second-order valence-electron chi connectivity index (χ2n) is 8.02. The first-order valence-corrected chi connectivity index (χ1v) is 11.3. The standard InChI is InChI=1S/C29H24N4O4/c1-36-28(34)25-24(20-10-4-3-5-11-20)23(18-30)27(31)33(26(25)29(35)37-2)22-13-8-9-19(17-22)14-15-21-12-6-7-16-32-21/h3-17,24H,31H2,1-2H3. The zero-order valence-electron chi connectivity index (χ0n) is 20.3. The smallest absolute Gasteiger partial charge is 0.355 e. The van der Waals surface area contributed by atoms with Gasteiger partial charge in [-0.25, -0.2) is 9.59 Å². The second-order valence-corrected chi connectivity index (χ2v) is 8.02. The number of hydrogen-bond donors (Lipinski definition) is 1. The van der Waals surface area contributed by atoms with Crippen LogP contribution in [0.1, 0.15) is 22.7 Å². The molecule has 0 bridgehead atoms. The molecule has 1 unspecified atom stereocenters. The van der Waals surface area contributed by atoms with Crippen molar-refractivity contribution in [3.63, 3.8) is 0 Å². The van der Waals surface area contributed by atoms with Crippen LogP contribution in [0.2, 0.25) is 0 Å². The maximum absolute atomic E-state index is 13.2. The van der Waals surface area contributed by atoms with Crippen molar-refractivity contribution in [1.82, 2.24) is 4.98 Å². The van der Waals surface area contributed by atoms with Gasteiger partial charge in [-0.1, -0.05) is 54.6 Å². The molecule has 0 aliphatic carbocycles. The number of nitriles is 1. The van der Waals surface area contributed by atoms with Crippen LogP contribution in [0.5, 0.6) is 0 Å². The van der Waals surface area contributed by atoms with E-state index in [0.29, 0.717) is 11.3 Å². The van der Waals surface area contributed by atoms with E-state index in [0.717, 1.165) is 11.3 Å². The van der Waals surface area contributed by atoms with Crippen LogP contribution in [0.3, 0.4) is 0 Å². The summed E-state index contributed by atoms with van der Waals surface area (Å²) in [6, 6.07) is 23.8. The molecule has 2 N–H and O–H groups in total. The average Bonchev–Trinajstić information content (AvgIpc) is 2.95. The first-order chi connectivity index (χ1) is 18.0. The van der Waals surface area contributed by atoms with Gasteiger partial charge in [-0.15, -0.1) is 0 Å². The Balaban J connectivity index is 1.93. The van der Waals surface area contributed by atoms with Crippen LogP contribution in [0, 0.1) is 11.3 Å². The van der Waals surface area contributed by atoms with Crippen LogP contribution in [-0.2, 0) is 19.1 Å². The Morgan fingerprint density at radius 3 is 2.35 bits per heavy atom. The van der Waals surface area contributed by atoms with E-state index < -0.39 is 17.9 Å². The number of pyridine rings is 1. The van der Waals surface area contributed by atoms with Crippen molar-refractivity contribution in [2.75, 3.05) is 19.1 Å². The van der Waals surface area contributed by atoms with Gasteiger partial charge < -0.3 is 15.2 Å². The van der Waals surface area contributed by atoms with Gasteiger partial charge in [0.2, 0.25) is 0 Å². The number of ether oxygens (including phenoxy) is 2. The second kappa shape index (κ2) is 11.1. The Morgan fingerprint density at radius 2 is 1.70 bits per heavy atom. The van der Waals surface area contributed by atoms with Gasteiger partial charge >= 0.3 is 11.9 Å². The quantitative estimate of drug-likeness (QED) is 0.510. The highest BCUT2D eigenvalue weighted by Crippen LogP contribution is 2.43. The molecule has 8 nitrogen and oxygen atoms in total. The van der Waals surface area contributed by atoms with Crippen LogP contribution in [0.25, 0.3) is 12.2 Å². The minimum absolute atomic E-state index is 0.00950. The fraction of sp³-hybridized carbons (Fsp3) is 0.103. The predicted molar refractivity (Wildman–Crippen MR) is 139 cm³/mol. The SMILES string of the molecule is COC(=O)C1=C(C(=O)OC)N(c2cccc(C=Cc3ccccn3)c2)C(N)=C(C#N)C1c1ccccc1. The largest absolute Gasteiger partial charge is 0.466 e. The number of esters is 2. The van der Waals surface area contributed by atoms with Crippen LogP contribution in [0.15, 0.2) is 102 Å². The van der Waals surface area contributed by atoms with Crippen LogP contribution in [-0.4, -0.2) is 31.1 Å².